The molecule has 0 bridgehead atoms. The van der Waals surface area contributed by atoms with Crippen LogP contribution in [-0.4, -0.2) is 42.0 Å². The molecule has 1 aliphatic rings. The molecule has 1 aromatic heterocycles. The van der Waals surface area contributed by atoms with Crippen LogP contribution >= 0.6 is 47.8 Å². The highest BCUT2D eigenvalue weighted by Gasteiger charge is 2.25. The molecule has 4 nitrogen and oxygen atoms in total. The average Bonchev–Trinajstić information content (AvgIpc) is 3.17. The van der Waals surface area contributed by atoms with Crippen LogP contribution < -0.4 is 5.32 Å². The van der Waals surface area contributed by atoms with Crippen molar-refractivity contribution in [3.63, 3.8) is 0 Å². The summed E-state index contributed by atoms with van der Waals surface area (Å²) in [5.74, 6) is -0.0202. The maximum Gasteiger partial charge on any atom is 0.273 e. The standard InChI is InChI=1S/C15H16ClN3OS.2ClH/c1-19(12-5-6-17-8-12)15(20)13-9-21-14(18-13)10-3-2-4-11(16)7-10;;/h2-4,7,9,12,17H,5-6,8H2,1H3;2*1H. The Bertz CT molecular complexity index is 659. The maximum absolute atomic E-state index is 12.5. The molecular formula is C15H18Cl3N3OS. The minimum Gasteiger partial charge on any atom is -0.336 e. The second kappa shape index (κ2) is 8.85. The van der Waals surface area contributed by atoms with E-state index in [9.17, 15) is 4.79 Å². The number of benzene rings is 1. The van der Waals surface area contributed by atoms with E-state index >= 15 is 0 Å². The normalized spacial score (nSPS) is 16.3. The second-order valence-corrected chi connectivity index (χ2v) is 6.41. The molecule has 1 fully saturated rings. The highest BCUT2D eigenvalue weighted by atomic mass is 35.5. The van der Waals surface area contributed by atoms with Crippen LogP contribution in [0.2, 0.25) is 5.02 Å². The lowest BCUT2D eigenvalue weighted by Crippen LogP contribution is -2.38. The first-order chi connectivity index (χ1) is 10.1. The quantitative estimate of drug-likeness (QED) is 0.862. The number of halogens is 3. The van der Waals surface area contributed by atoms with Crippen LogP contribution in [-0.2, 0) is 0 Å². The van der Waals surface area contributed by atoms with Crippen molar-refractivity contribution in [3.8, 4) is 10.6 Å². The molecule has 1 atom stereocenters. The van der Waals surface area contributed by atoms with Crippen molar-refractivity contribution in [2.45, 2.75) is 12.5 Å². The number of aromatic nitrogens is 1. The number of hydrogen-bond donors (Lipinski definition) is 1. The van der Waals surface area contributed by atoms with Crippen molar-refractivity contribution < 1.29 is 4.79 Å². The van der Waals surface area contributed by atoms with Gasteiger partial charge >= 0.3 is 0 Å². The lowest BCUT2D eigenvalue weighted by atomic mass is 10.2. The summed E-state index contributed by atoms with van der Waals surface area (Å²) in [6, 6.07) is 7.78. The highest BCUT2D eigenvalue weighted by molar-refractivity contribution is 7.13. The number of carbonyl (C=O) groups excluding carboxylic acids is 1. The van der Waals surface area contributed by atoms with Gasteiger partial charge in [-0.25, -0.2) is 4.98 Å². The third-order valence-electron chi connectivity index (χ3n) is 3.70. The van der Waals surface area contributed by atoms with E-state index in [1.807, 2.05) is 36.7 Å². The van der Waals surface area contributed by atoms with Gasteiger partial charge in [-0.1, -0.05) is 23.7 Å². The molecule has 1 aliphatic heterocycles. The SMILES string of the molecule is CN(C(=O)c1csc(-c2cccc(Cl)c2)n1)C1CCNC1.Cl.Cl. The number of likely N-dealkylation sites (N-methyl/N-ethyl adjacent to an activating group) is 1. The van der Waals surface area contributed by atoms with Crippen LogP contribution in [0, 0.1) is 0 Å². The van der Waals surface area contributed by atoms with Gasteiger partial charge in [0.05, 0.1) is 0 Å². The minimum atomic E-state index is -0.0202. The molecule has 2 heterocycles. The van der Waals surface area contributed by atoms with E-state index < -0.39 is 0 Å². The van der Waals surface area contributed by atoms with Crippen molar-refractivity contribution in [2.75, 3.05) is 20.1 Å². The van der Waals surface area contributed by atoms with Gasteiger partial charge in [0.15, 0.2) is 0 Å². The van der Waals surface area contributed by atoms with Crippen LogP contribution in [0.25, 0.3) is 10.6 Å². The molecule has 2 aromatic rings. The Balaban J connectivity index is 0.00000132. The fraction of sp³-hybridized carbons (Fsp3) is 0.333. The van der Waals surface area contributed by atoms with Crippen LogP contribution in [0.15, 0.2) is 29.6 Å². The number of nitrogens with one attached hydrogen (secondary N) is 1. The van der Waals surface area contributed by atoms with Gasteiger partial charge < -0.3 is 10.2 Å². The second-order valence-electron chi connectivity index (χ2n) is 5.11. The van der Waals surface area contributed by atoms with Crippen molar-refractivity contribution in [1.29, 1.82) is 0 Å². The molecule has 8 heteroatoms. The zero-order valence-corrected chi connectivity index (χ0v) is 15.7. The molecule has 0 saturated carbocycles. The first-order valence-electron chi connectivity index (χ1n) is 6.84. The summed E-state index contributed by atoms with van der Waals surface area (Å²) < 4.78 is 0. The minimum absolute atomic E-state index is 0. The topological polar surface area (TPSA) is 45.2 Å². The molecule has 0 spiro atoms. The van der Waals surface area contributed by atoms with Gasteiger partial charge in [-0.15, -0.1) is 36.2 Å². The molecule has 126 valence electrons. The summed E-state index contributed by atoms with van der Waals surface area (Å²) in [7, 11) is 1.85. The zero-order valence-electron chi connectivity index (χ0n) is 12.5. The first kappa shape index (κ1) is 20.2. The smallest absolute Gasteiger partial charge is 0.273 e. The Morgan fingerprint density at radius 3 is 2.87 bits per heavy atom. The van der Waals surface area contributed by atoms with E-state index in [2.05, 4.69) is 10.3 Å². The van der Waals surface area contributed by atoms with Gasteiger partial charge in [0.1, 0.15) is 10.7 Å². The number of amides is 1. The van der Waals surface area contributed by atoms with Crippen LogP contribution in [0.1, 0.15) is 16.9 Å². The van der Waals surface area contributed by atoms with Crippen molar-refractivity contribution in [2.24, 2.45) is 0 Å². The summed E-state index contributed by atoms with van der Waals surface area (Å²) in [4.78, 5) is 18.7. The lowest BCUT2D eigenvalue weighted by Gasteiger charge is -2.22. The molecule has 1 amide bonds. The fourth-order valence-electron chi connectivity index (χ4n) is 2.44. The van der Waals surface area contributed by atoms with E-state index in [4.69, 9.17) is 11.6 Å². The van der Waals surface area contributed by atoms with Gasteiger partial charge in [0.25, 0.3) is 5.91 Å². The number of thiazole rings is 1. The summed E-state index contributed by atoms with van der Waals surface area (Å²) in [5, 5.41) is 6.58. The van der Waals surface area contributed by atoms with Crippen LogP contribution in [0.4, 0.5) is 0 Å². The Morgan fingerprint density at radius 1 is 1.43 bits per heavy atom. The number of rotatable bonds is 3. The van der Waals surface area contributed by atoms with E-state index in [0.29, 0.717) is 10.7 Å². The summed E-state index contributed by atoms with van der Waals surface area (Å²) in [6.45, 7) is 1.82. The molecule has 1 N–H and O–H groups in total. The summed E-state index contributed by atoms with van der Waals surface area (Å²) in [6.07, 6.45) is 0.994. The van der Waals surface area contributed by atoms with Gasteiger partial charge in [-0.2, -0.15) is 0 Å². The Morgan fingerprint density at radius 2 is 2.22 bits per heavy atom. The number of carbonyl (C=O) groups is 1. The third kappa shape index (κ3) is 4.58. The van der Waals surface area contributed by atoms with Gasteiger partial charge in [-0.05, 0) is 25.1 Å². The Kier molecular flexibility index (Phi) is 7.77. The van der Waals surface area contributed by atoms with E-state index in [1.165, 1.54) is 11.3 Å². The van der Waals surface area contributed by atoms with Gasteiger partial charge in [0, 0.05) is 35.6 Å². The predicted molar refractivity (Wildman–Crippen MR) is 100 cm³/mol. The third-order valence-corrected chi connectivity index (χ3v) is 4.82. The molecule has 1 aromatic carbocycles. The van der Waals surface area contributed by atoms with Gasteiger partial charge in [0.2, 0.25) is 0 Å². The zero-order chi connectivity index (χ0) is 14.8. The number of nitrogens with zero attached hydrogens (tertiary/aromatic N) is 2. The highest BCUT2D eigenvalue weighted by Crippen LogP contribution is 2.26. The molecule has 23 heavy (non-hydrogen) atoms. The van der Waals surface area contributed by atoms with Crippen molar-refractivity contribution in [3.05, 3.63) is 40.4 Å². The summed E-state index contributed by atoms with van der Waals surface area (Å²) in [5.41, 5.74) is 1.45. The van der Waals surface area contributed by atoms with Crippen molar-refractivity contribution >= 4 is 53.7 Å². The largest absolute Gasteiger partial charge is 0.336 e. The molecule has 0 radical (unpaired) electrons. The molecular weight excluding hydrogens is 377 g/mol. The monoisotopic (exact) mass is 393 g/mol. The molecule has 1 unspecified atom stereocenters. The average molecular weight is 395 g/mol. The predicted octanol–water partition coefficient (Wildman–Crippen LogP) is 3.74. The number of hydrogen-bond acceptors (Lipinski definition) is 4. The molecule has 3 rings (SSSR count). The Hall–Kier alpha value is -0.850. The van der Waals surface area contributed by atoms with E-state index in [1.54, 1.807) is 4.90 Å². The Labute approximate surface area is 157 Å². The van der Waals surface area contributed by atoms with Crippen LogP contribution in [0.3, 0.4) is 0 Å². The van der Waals surface area contributed by atoms with Gasteiger partial charge in [-0.3, -0.25) is 4.79 Å². The van der Waals surface area contributed by atoms with Crippen LogP contribution in [0.5, 0.6) is 0 Å². The summed E-state index contributed by atoms with van der Waals surface area (Å²) >= 11 is 7.46. The van der Waals surface area contributed by atoms with E-state index in [-0.39, 0.29) is 36.8 Å². The molecule has 0 aliphatic carbocycles. The first-order valence-corrected chi connectivity index (χ1v) is 8.10. The maximum atomic E-state index is 12.5. The molecule has 1 saturated heterocycles. The fourth-order valence-corrected chi connectivity index (χ4v) is 3.42. The lowest BCUT2D eigenvalue weighted by molar-refractivity contribution is 0.0739. The van der Waals surface area contributed by atoms with Crippen molar-refractivity contribution in [1.82, 2.24) is 15.2 Å². The van der Waals surface area contributed by atoms with E-state index in [0.717, 1.165) is 30.1 Å².